The molecule has 2 aliphatic rings. The molecule has 0 aromatic rings. The highest BCUT2D eigenvalue weighted by molar-refractivity contribution is 5.77. The highest BCUT2D eigenvalue weighted by atomic mass is 16.5. The second kappa shape index (κ2) is 13.6. The number of carbonyl (C=O) groups is 1. The first-order chi connectivity index (χ1) is 12.8. The Morgan fingerprint density at radius 2 is 0.846 bits per heavy atom. The van der Waals surface area contributed by atoms with Gasteiger partial charge in [0.05, 0.1) is 6.04 Å². The van der Waals surface area contributed by atoms with Crippen LogP contribution in [0.15, 0.2) is 0 Å². The van der Waals surface area contributed by atoms with Crippen LogP contribution >= 0.6 is 0 Å². The summed E-state index contributed by atoms with van der Waals surface area (Å²) in [5.74, 6) is 0.0837. The van der Waals surface area contributed by atoms with Crippen molar-refractivity contribution < 1.29 is 10.0 Å². The Kier molecular flexibility index (Phi) is 11.3. The summed E-state index contributed by atoms with van der Waals surface area (Å²) >= 11 is 0. The quantitative estimate of drug-likeness (QED) is 0.422. The number of hydrogen-bond acceptors (Lipinski definition) is 2. The van der Waals surface area contributed by atoms with Gasteiger partial charge >= 0.3 is 0 Å². The molecule has 26 heavy (non-hydrogen) atoms. The normalized spacial score (nSPS) is 24.2. The fourth-order valence-corrected chi connectivity index (χ4v) is 4.81. The zero-order valence-electron chi connectivity index (χ0n) is 17.1. The van der Waals surface area contributed by atoms with Crippen molar-refractivity contribution in [3.05, 3.63) is 0 Å². The molecule has 2 fully saturated rings. The van der Waals surface area contributed by atoms with Crippen molar-refractivity contribution in [1.82, 2.24) is 5.06 Å². The summed E-state index contributed by atoms with van der Waals surface area (Å²) in [7, 11) is 0. The van der Waals surface area contributed by atoms with Gasteiger partial charge in [-0.05, 0) is 25.7 Å². The molecular formula is C23H43NO2. The zero-order valence-corrected chi connectivity index (χ0v) is 17.1. The average Bonchev–Trinajstić information content (AvgIpc) is 2.76. The number of carbonyl (C=O) groups excluding carboxylic acids is 1. The summed E-state index contributed by atoms with van der Waals surface area (Å²) in [4.78, 5) is 13.0. The lowest BCUT2D eigenvalue weighted by Gasteiger charge is -2.29. The summed E-state index contributed by atoms with van der Waals surface area (Å²) in [5, 5.41) is 12.0. The lowest BCUT2D eigenvalue weighted by atomic mass is 9.93. The van der Waals surface area contributed by atoms with Crippen LogP contribution in [0.2, 0.25) is 0 Å². The molecule has 0 aromatic carbocycles. The number of hydroxylamine groups is 2. The van der Waals surface area contributed by atoms with Crippen LogP contribution in [-0.2, 0) is 4.79 Å². The van der Waals surface area contributed by atoms with Gasteiger partial charge in [0.15, 0.2) is 0 Å². The number of rotatable bonds is 2. The van der Waals surface area contributed by atoms with Crippen molar-refractivity contribution >= 4 is 5.91 Å². The molecule has 2 saturated carbocycles. The van der Waals surface area contributed by atoms with Crippen LogP contribution in [0.5, 0.6) is 0 Å². The Labute approximate surface area is 161 Å². The number of hydrogen-bond donors (Lipinski definition) is 1. The topological polar surface area (TPSA) is 40.5 Å². The molecule has 3 heteroatoms. The highest BCUT2D eigenvalue weighted by Gasteiger charge is 2.28. The molecular weight excluding hydrogens is 322 g/mol. The fraction of sp³-hybridized carbons (Fsp3) is 0.957. The summed E-state index contributed by atoms with van der Waals surface area (Å²) in [6.07, 6.45) is 24.2. The van der Waals surface area contributed by atoms with Crippen LogP contribution in [0.3, 0.4) is 0 Å². The zero-order chi connectivity index (χ0) is 18.5. The number of nitrogens with zero attached hydrogens (tertiary/aromatic N) is 1. The SMILES string of the molecule is O=C(C1CCCCCCCCCC1)N(O)C1CCCCCCCCCC1. The minimum Gasteiger partial charge on any atom is -0.286 e. The third-order valence-electron chi connectivity index (χ3n) is 6.60. The van der Waals surface area contributed by atoms with Crippen molar-refractivity contribution in [2.45, 2.75) is 134 Å². The van der Waals surface area contributed by atoms with Crippen LogP contribution < -0.4 is 0 Å². The second-order valence-corrected chi connectivity index (χ2v) is 8.85. The van der Waals surface area contributed by atoms with Crippen LogP contribution in [0.1, 0.15) is 128 Å². The molecule has 3 nitrogen and oxygen atoms in total. The Morgan fingerprint density at radius 3 is 1.23 bits per heavy atom. The van der Waals surface area contributed by atoms with Gasteiger partial charge in [0.1, 0.15) is 0 Å². The molecule has 0 aliphatic heterocycles. The molecule has 0 aromatic heterocycles. The van der Waals surface area contributed by atoms with Gasteiger partial charge in [-0.25, -0.2) is 5.06 Å². The monoisotopic (exact) mass is 365 g/mol. The van der Waals surface area contributed by atoms with Crippen LogP contribution in [-0.4, -0.2) is 22.2 Å². The third kappa shape index (κ3) is 8.41. The Bertz CT molecular complexity index is 347. The van der Waals surface area contributed by atoms with E-state index in [1.165, 1.54) is 82.1 Å². The minimum atomic E-state index is 0.0316. The van der Waals surface area contributed by atoms with Gasteiger partial charge in [0.25, 0.3) is 0 Å². The third-order valence-corrected chi connectivity index (χ3v) is 6.60. The molecule has 2 rings (SSSR count). The van der Waals surface area contributed by atoms with E-state index < -0.39 is 0 Å². The van der Waals surface area contributed by atoms with Crippen molar-refractivity contribution in [1.29, 1.82) is 0 Å². The largest absolute Gasteiger partial charge is 0.286 e. The second-order valence-electron chi connectivity index (χ2n) is 8.85. The highest BCUT2D eigenvalue weighted by Crippen LogP contribution is 2.26. The molecule has 2 aliphatic carbocycles. The smallest absolute Gasteiger partial charge is 0.249 e. The van der Waals surface area contributed by atoms with Gasteiger partial charge in [-0.15, -0.1) is 0 Å². The molecule has 0 atom stereocenters. The van der Waals surface area contributed by atoms with E-state index in [4.69, 9.17) is 0 Å². The van der Waals surface area contributed by atoms with E-state index in [1.807, 2.05) is 0 Å². The summed E-state index contributed by atoms with van der Waals surface area (Å²) in [6.45, 7) is 0. The molecule has 0 unspecified atom stereocenters. The lowest BCUT2D eigenvalue weighted by molar-refractivity contribution is -0.182. The Balaban J connectivity index is 1.89. The summed E-state index contributed by atoms with van der Waals surface area (Å²) in [6, 6.07) is 0.0544. The van der Waals surface area contributed by atoms with Crippen LogP contribution in [0, 0.1) is 5.92 Å². The van der Waals surface area contributed by atoms with E-state index >= 15 is 0 Å². The predicted octanol–water partition coefficient (Wildman–Crippen LogP) is 7.02. The Morgan fingerprint density at radius 1 is 0.538 bits per heavy atom. The molecule has 0 heterocycles. The van der Waals surface area contributed by atoms with Gasteiger partial charge in [-0.1, -0.05) is 103 Å². The number of amides is 1. The van der Waals surface area contributed by atoms with Crippen molar-refractivity contribution in [3.63, 3.8) is 0 Å². The van der Waals surface area contributed by atoms with Gasteiger partial charge < -0.3 is 0 Å². The maximum Gasteiger partial charge on any atom is 0.249 e. The molecule has 1 N–H and O–H groups in total. The molecule has 0 spiro atoms. The van der Waals surface area contributed by atoms with Gasteiger partial charge in [-0.3, -0.25) is 10.0 Å². The predicted molar refractivity (Wildman–Crippen MR) is 108 cm³/mol. The van der Waals surface area contributed by atoms with Crippen molar-refractivity contribution in [2.24, 2.45) is 5.92 Å². The maximum absolute atomic E-state index is 13.0. The Hall–Kier alpha value is -0.570. The van der Waals surface area contributed by atoms with E-state index in [2.05, 4.69) is 0 Å². The lowest BCUT2D eigenvalue weighted by Crippen LogP contribution is -2.41. The van der Waals surface area contributed by atoms with E-state index in [0.29, 0.717) is 0 Å². The van der Waals surface area contributed by atoms with Gasteiger partial charge in [-0.2, -0.15) is 0 Å². The van der Waals surface area contributed by atoms with Crippen molar-refractivity contribution in [2.75, 3.05) is 0 Å². The fourth-order valence-electron chi connectivity index (χ4n) is 4.81. The minimum absolute atomic E-state index is 0.0316. The summed E-state index contributed by atoms with van der Waals surface area (Å²) in [5.41, 5.74) is 0. The van der Waals surface area contributed by atoms with Crippen LogP contribution in [0.4, 0.5) is 0 Å². The average molecular weight is 366 g/mol. The summed E-state index contributed by atoms with van der Waals surface area (Å²) < 4.78 is 0. The molecule has 1 amide bonds. The first-order valence-electron chi connectivity index (χ1n) is 11.8. The molecule has 152 valence electrons. The first-order valence-corrected chi connectivity index (χ1v) is 11.8. The first kappa shape index (κ1) is 21.7. The standard InChI is InChI=1S/C23H43NO2/c25-23(21-17-13-9-5-1-2-6-10-14-18-21)24(26)22-19-15-11-7-3-4-8-12-16-20-22/h21-22,26H,1-20H2. The van der Waals surface area contributed by atoms with Gasteiger partial charge in [0, 0.05) is 5.92 Å². The van der Waals surface area contributed by atoms with E-state index in [0.717, 1.165) is 51.4 Å². The molecule has 0 bridgehead atoms. The maximum atomic E-state index is 13.0. The van der Waals surface area contributed by atoms with Gasteiger partial charge in [0.2, 0.25) is 5.91 Å². The van der Waals surface area contributed by atoms with E-state index in [9.17, 15) is 10.0 Å². The van der Waals surface area contributed by atoms with E-state index in [-0.39, 0.29) is 17.9 Å². The molecule has 0 radical (unpaired) electrons. The van der Waals surface area contributed by atoms with Crippen LogP contribution in [0.25, 0.3) is 0 Å². The van der Waals surface area contributed by atoms with E-state index in [1.54, 1.807) is 0 Å². The van der Waals surface area contributed by atoms with Crippen molar-refractivity contribution in [3.8, 4) is 0 Å². The molecule has 0 saturated heterocycles.